The fourth-order valence-corrected chi connectivity index (χ4v) is 4.04. The maximum absolute atomic E-state index is 12.1. The summed E-state index contributed by atoms with van der Waals surface area (Å²) in [6.07, 6.45) is 4.77. The first-order valence-electron chi connectivity index (χ1n) is 8.76. The fourth-order valence-electron chi connectivity index (χ4n) is 2.79. The van der Waals surface area contributed by atoms with Crippen molar-refractivity contribution in [2.24, 2.45) is 4.99 Å². The Balaban J connectivity index is 1.29. The number of fused-ring (bicyclic) bond motifs is 1. The number of nitrogens with one attached hydrogen (secondary N) is 2. The highest BCUT2D eigenvalue weighted by atomic mass is 32.2. The molecule has 0 bridgehead atoms. The van der Waals surface area contributed by atoms with Gasteiger partial charge in [-0.3, -0.25) is 14.5 Å². The number of sulfonamides is 1. The first-order valence-corrected chi connectivity index (χ1v) is 10.2. The molecule has 0 saturated carbocycles. The van der Waals surface area contributed by atoms with Crippen molar-refractivity contribution in [1.82, 2.24) is 29.8 Å². The Morgan fingerprint density at radius 2 is 2.07 bits per heavy atom. The van der Waals surface area contributed by atoms with Crippen LogP contribution in [0, 0.1) is 0 Å². The minimum Gasteiger partial charge on any atom is -0.352 e. The van der Waals surface area contributed by atoms with Crippen molar-refractivity contribution in [3.63, 3.8) is 0 Å². The molecule has 0 atom stereocenters. The number of amidine groups is 1. The summed E-state index contributed by atoms with van der Waals surface area (Å²) in [7, 11) is -3.57. The summed E-state index contributed by atoms with van der Waals surface area (Å²) < 4.78 is 28.0. The number of nitrogens with zero attached hydrogens (tertiary/aromatic N) is 5. The lowest BCUT2D eigenvalue weighted by Crippen LogP contribution is -2.25. The van der Waals surface area contributed by atoms with Gasteiger partial charge in [-0.2, -0.15) is 5.10 Å². The second kappa shape index (κ2) is 7.80. The minimum atomic E-state index is -3.57. The standard InChI is InChI=1S/C18H17N7O3S/c26-17(22-10-13-5-6-16(21-9-13)25-12-19-11-23-25)7-8-20-18-14-3-1-2-4-15(14)29(27,28)24-18/h1-6,9,11-12H,7-8,10H2,(H,20,24)(H,22,26). The van der Waals surface area contributed by atoms with Crippen LogP contribution in [0.25, 0.3) is 5.82 Å². The predicted octanol–water partition coefficient (Wildman–Crippen LogP) is 0.407. The average molecular weight is 411 g/mol. The largest absolute Gasteiger partial charge is 0.352 e. The summed E-state index contributed by atoms with van der Waals surface area (Å²) in [5.74, 6) is 0.706. The number of pyridine rings is 1. The summed E-state index contributed by atoms with van der Waals surface area (Å²) in [5.41, 5.74) is 1.36. The highest BCUT2D eigenvalue weighted by molar-refractivity contribution is 7.90. The van der Waals surface area contributed by atoms with Gasteiger partial charge in [0.2, 0.25) is 5.91 Å². The van der Waals surface area contributed by atoms with Gasteiger partial charge in [0.15, 0.2) is 5.82 Å². The molecule has 0 unspecified atom stereocenters. The second-order valence-electron chi connectivity index (χ2n) is 6.22. The van der Waals surface area contributed by atoms with Crippen molar-refractivity contribution < 1.29 is 13.2 Å². The molecule has 148 valence electrons. The van der Waals surface area contributed by atoms with Gasteiger partial charge in [-0.15, -0.1) is 0 Å². The normalized spacial score (nSPS) is 15.7. The molecule has 0 fully saturated rings. The Bertz CT molecular complexity index is 1160. The van der Waals surface area contributed by atoms with Crippen LogP contribution < -0.4 is 10.0 Å². The Kier molecular flexibility index (Phi) is 5.04. The molecular weight excluding hydrogens is 394 g/mol. The molecule has 4 rings (SSSR count). The number of hydrogen-bond donors (Lipinski definition) is 2. The molecule has 3 aromatic rings. The van der Waals surface area contributed by atoms with E-state index < -0.39 is 10.0 Å². The van der Waals surface area contributed by atoms with Gasteiger partial charge in [0.25, 0.3) is 10.0 Å². The number of aliphatic imine (C=N–C) groups is 1. The SMILES string of the molecule is O=C(CCN=C1NS(=O)(=O)c2ccccc21)NCc1ccc(-n2cncn2)nc1. The summed E-state index contributed by atoms with van der Waals surface area (Å²) in [5, 5.41) is 6.79. The van der Waals surface area contributed by atoms with Crippen LogP contribution in [0.5, 0.6) is 0 Å². The number of rotatable bonds is 6. The van der Waals surface area contributed by atoms with E-state index in [1.165, 1.54) is 17.1 Å². The quantitative estimate of drug-likeness (QED) is 0.604. The van der Waals surface area contributed by atoms with Gasteiger partial charge in [-0.25, -0.2) is 23.1 Å². The zero-order chi connectivity index (χ0) is 20.3. The summed E-state index contributed by atoms with van der Waals surface area (Å²) in [4.78, 5) is 24.6. The predicted molar refractivity (Wildman–Crippen MR) is 104 cm³/mol. The minimum absolute atomic E-state index is 0.137. The van der Waals surface area contributed by atoms with Crippen LogP contribution in [0.1, 0.15) is 17.5 Å². The van der Waals surface area contributed by atoms with Gasteiger partial charge in [-0.05, 0) is 23.8 Å². The molecule has 1 aliphatic rings. The number of benzene rings is 1. The topological polar surface area (TPSA) is 131 Å². The average Bonchev–Trinajstić information content (AvgIpc) is 3.34. The molecule has 0 aliphatic carbocycles. The Morgan fingerprint density at radius 3 is 2.83 bits per heavy atom. The lowest BCUT2D eigenvalue weighted by molar-refractivity contribution is -0.121. The van der Waals surface area contributed by atoms with Crippen LogP contribution in [0.15, 0.2) is 65.1 Å². The number of hydrogen-bond acceptors (Lipinski definition) is 7. The van der Waals surface area contributed by atoms with Crippen molar-refractivity contribution in [1.29, 1.82) is 0 Å². The van der Waals surface area contributed by atoms with Crippen molar-refractivity contribution in [3.05, 3.63) is 66.4 Å². The van der Waals surface area contributed by atoms with E-state index >= 15 is 0 Å². The molecule has 0 spiro atoms. The van der Waals surface area contributed by atoms with Crippen molar-refractivity contribution in [2.45, 2.75) is 17.9 Å². The molecule has 2 aromatic heterocycles. The molecule has 0 radical (unpaired) electrons. The van der Waals surface area contributed by atoms with Gasteiger partial charge in [0, 0.05) is 24.7 Å². The summed E-state index contributed by atoms with van der Waals surface area (Å²) in [6.45, 7) is 0.497. The maximum atomic E-state index is 12.1. The van der Waals surface area contributed by atoms with E-state index in [0.29, 0.717) is 17.9 Å². The Morgan fingerprint density at radius 1 is 1.21 bits per heavy atom. The molecule has 3 heterocycles. The highest BCUT2D eigenvalue weighted by Gasteiger charge is 2.29. The zero-order valence-corrected chi connectivity index (χ0v) is 16.0. The second-order valence-corrected chi connectivity index (χ2v) is 7.87. The maximum Gasteiger partial charge on any atom is 0.263 e. The van der Waals surface area contributed by atoms with Crippen LogP contribution in [0.4, 0.5) is 0 Å². The van der Waals surface area contributed by atoms with Gasteiger partial charge < -0.3 is 5.32 Å². The molecule has 1 aliphatic heterocycles. The molecule has 11 heteroatoms. The van der Waals surface area contributed by atoms with Crippen LogP contribution in [0.2, 0.25) is 0 Å². The van der Waals surface area contributed by atoms with Gasteiger partial charge >= 0.3 is 0 Å². The molecule has 2 N–H and O–H groups in total. The summed E-state index contributed by atoms with van der Waals surface area (Å²) in [6, 6.07) is 10.2. The van der Waals surface area contributed by atoms with E-state index in [-0.39, 0.29) is 29.6 Å². The Hall–Kier alpha value is -3.60. The van der Waals surface area contributed by atoms with E-state index in [0.717, 1.165) is 5.56 Å². The number of carbonyl (C=O) groups excluding carboxylic acids is 1. The van der Waals surface area contributed by atoms with E-state index in [1.807, 2.05) is 6.07 Å². The number of carbonyl (C=O) groups is 1. The summed E-state index contributed by atoms with van der Waals surface area (Å²) >= 11 is 0. The highest BCUT2D eigenvalue weighted by Crippen LogP contribution is 2.22. The Labute approximate surface area is 166 Å². The van der Waals surface area contributed by atoms with Gasteiger partial charge in [0.05, 0.1) is 11.4 Å². The molecule has 10 nitrogen and oxygen atoms in total. The lowest BCUT2D eigenvalue weighted by Gasteiger charge is -2.05. The lowest BCUT2D eigenvalue weighted by atomic mass is 10.2. The third kappa shape index (κ3) is 4.14. The molecule has 0 saturated heterocycles. The smallest absolute Gasteiger partial charge is 0.263 e. The van der Waals surface area contributed by atoms with Crippen molar-refractivity contribution in [2.75, 3.05) is 6.54 Å². The molecule has 1 amide bonds. The molecule has 1 aromatic carbocycles. The first kappa shape index (κ1) is 18.7. The third-order valence-corrected chi connectivity index (χ3v) is 5.62. The molecule has 29 heavy (non-hydrogen) atoms. The van der Waals surface area contributed by atoms with Crippen molar-refractivity contribution >= 4 is 21.8 Å². The van der Waals surface area contributed by atoms with Crippen molar-refractivity contribution in [3.8, 4) is 5.82 Å². The van der Waals surface area contributed by atoms with Gasteiger partial charge in [-0.1, -0.05) is 18.2 Å². The van der Waals surface area contributed by atoms with Gasteiger partial charge in [0.1, 0.15) is 18.5 Å². The fraction of sp³-hybridized carbons (Fsp3) is 0.167. The zero-order valence-electron chi connectivity index (χ0n) is 15.2. The number of aromatic nitrogens is 4. The third-order valence-electron chi connectivity index (χ3n) is 4.22. The van der Waals surface area contributed by atoms with E-state index in [9.17, 15) is 13.2 Å². The van der Waals surface area contributed by atoms with E-state index in [1.54, 1.807) is 36.8 Å². The van der Waals surface area contributed by atoms with Crippen LogP contribution in [-0.4, -0.2) is 46.5 Å². The van der Waals surface area contributed by atoms with Crippen LogP contribution >= 0.6 is 0 Å². The number of amides is 1. The van der Waals surface area contributed by atoms with E-state index in [4.69, 9.17) is 0 Å². The monoisotopic (exact) mass is 411 g/mol. The molecular formula is C18H17N7O3S. The van der Waals surface area contributed by atoms with E-state index in [2.05, 4.69) is 30.1 Å². The first-order chi connectivity index (χ1) is 14.0. The van der Waals surface area contributed by atoms with Crippen LogP contribution in [-0.2, 0) is 21.4 Å². The van der Waals surface area contributed by atoms with Crippen LogP contribution in [0.3, 0.4) is 0 Å².